The molecule has 0 spiro atoms. The number of aryl methyl sites for hydroxylation is 1. The third kappa shape index (κ3) is 2.00. The molecule has 1 aliphatic carbocycles. The molecule has 1 aromatic rings. The number of hydrogen-bond donors (Lipinski definition) is 2. The van der Waals surface area contributed by atoms with E-state index in [0.717, 1.165) is 6.42 Å². The highest BCUT2D eigenvalue weighted by atomic mass is 16.4. The molecule has 0 saturated heterocycles. The van der Waals surface area contributed by atoms with Crippen LogP contribution in [0.25, 0.3) is 0 Å². The van der Waals surface area contributed by atoms with Crippen LogP contribution >= 0.6 is 0 Å². The maximum absolute atomic E-state index is 12.0. The van der Waals surface area contributed by atoms with E-state index in [1.807, 2.05) is 0 Å². The fourth-order valence-electron chi connectivity index (χ4n) is 2.51. The van der Waals surface area contributed by atoms with Gasteiger partial charge in [0.2, 0.25) is 0 Å². The van der Waals surface area contributed by atoms with E-state index in [-0.39, 0.29) is 11.9 Å². The van der Waals surface area contributed by atoms with Gasteiger partial charge in [0.05, 0.1) is 17.2 Å². The molecule has 1 amide bonds. The Bertz CT molecular complexity index is 479. The van der Waals surface area contributed by atoms with Gasteiger partial charge in [0.25, 0.3) is 5.91 Å². The molecule has 2 atom stereocenters. The highest BCUT2D eigenvalue weighted by Gasteiger charge is 2.46. The Morgan fingerprint density at radius 3 is 2.83 bits per heavy atom. The van der Waals surface area contributed by atoms with Crippen LogP contribution in [0.4, 0.5) is 0 Å². The van der Waals surface area contributed by atoms with E-state index in [1.54, 1.807) is 19.9 Å². The standard InChI is InChI=1S/C13H17NO4/c1-8-9(5-7-18-8)11(15)14-10-4-3-6-13(10,2)12(16)17/h5,7,10H,3-4,6H2,1-2H3,(H,14,15)(H,16,17). The molecular weight excluding hydrogens is 234 g/mol. The smallest absolute Gasteiger partial charge is 0.311 e. The Morgan fingerprint density at radius 2 is 2.28 bits per heavy atom. The van der Waals surface area contributed by atoms with Gasteiger partial charge in [-0.25, -0.2) is 0 Å². The van der Waals surface area contributed by atoms with Crippen LogP contribution in [0, 0.1) is 12.3 Å². The van der Waals surface area contributed by atoms with Crippen LogP contribution in [0.15, 0.2) is 16.7 Å². The van der Waals surface area contributed by atoms with Gasteiger partial charge in [0.15, 0.2) is 0 Å². The second-order valence-corrected chi connectivity index (χ2v) is 5.03. The normalized spacial score (nSPS) is 27.1. The first-order valence-corrected chi connectivity index (χ1v) is 6.03. The fourth-order valence-corrected chi connectivity index (χ4v) is 2.51. The zero-order valence-corrected chi connectivity index (χ0v) is 10.5. The zero-order chi connectivity index (χ0) is 13.3. The summed E-state index contributed by atoms with van der Waals surface area (Å²) in [5, 5.41) is 12.1. The Morgan fingerprint density at radius 1 is 1.56 bits per heavy atom. The van der Waals surface area contributed by atoms with Crippen molar-refractivity contribution in [3.8, 4) is 0 Å². The maximum Gasteiger partial charge on any atom is 0.311 e. The lowest BCUT2D eigenvalue weighted by Crippen LogP contribution is -2.47. The summed E-state index contributed by atoms with van der Waals surface area (Å²) in [4.78, 5) is 23.3. The van der Waals surface area contributed by atoms with Gasteiger partial charge in [0, 0.05) is 6.04 Å². The molecule has 1 aliphatic rings. The lowest BCUT2D eigenvalue weighted by atomic mass is 9.85. The molecule has 2 N–H and O–H groups in total. The first-order chi connectivity index (χ1) is 8.45. The van der Waals surface area contributed by atoms with Crippen LogP contribution in [0.5, 0.6) is 0 Å². The Labute approximate surface area is 105 Å². The molecule has 0 radical (unpaired) electrons. The number of carboxylic acids is 1. The van der Waals surface area contributed by atoms with E-state index >= 15 is 0 Å². The summed E-state index contributed by atoms with van der Waals surface area (Å²) >= 11 is 0. The summed E-state index contributed by atoms with van der Waals surface area (Å²) in [5.41, 5.74) is -0.400. The molecule has 2 rings (SSSR count). The molecule has 1 fully saturated rings. The SMILES string of the molecule is Cc1occc1C(=O)NC1CCCC1(C)C(=O)O. The van der Waals surface area contributed by atoms with Crippen LogP contribution in [-0.2, 0) is 4.79 Å². The lowest BCUT2D eigenvalue weighted by molar-refractivity contribution is -0.148. The minimum atomic E-state index is -0.868. The van der Waals surface area contributed by atoms with Gasteiger partial charge in [-0.1, -0.05) is 6.42 Å². The second-order valence-electron chi connectivity index (χ2n) is 5.03. The van der Waals surface area contributed by atoms with E-state index in [9.17, 15) is 14.7 Å². The number of carbonyl (C=O) groups is 2. The van der Waals surface area contributed by atoms with Crippen molar-refractivity contribution in [2.45, 2.75) is 39.2 Å². The molecular formula is C13H17NO4. The van der Waals surface area contributed by atoms with Gasteiger partial charge in [-0.3, -0.25) is 9.59 Å². The largest absolute Gasteiger partial charge is 0.481 e. The van der Waals surface area contributed by atoms with Gasteiger partial charge in [-0.2, -0.15) is 0 Å². The number of rotatable bonds is 3. The second kappa shape index (κ2) is 4.48. The number of carboxylic acid groups (broad SMARTS) is 1. The number of aliphatic carboxylic acids is 1. The molecule has 0 aliphatic heterocycles. The third-order valence-electron chi connectivity index (χ3n) is 3.86. The minimum Gasteiger partial charge on any atom is -0.481 e. The molecule has 0 aromatic carbocycles. The van der Waals surface area contributed by atoms with Crippen molar-refractivity contribution < 1.29 is 19.1 Å². The summed E-state index contributed by atoms with van der Waals surface area (Å²) in [6.45, 7) is 3.40. The predicted octanol–water partition coefficient (Wildman–Crippen LogP) is 1.96. The Balaban J connectivity index is 2.13. The van der Waals surface area contributed by atoms with E-state index in [1.165, 1.54) is 6.26 Å². The van der Waals surface area contributed by atoms with Crippen molar-refractivity contribution in [1.82, 2.24) is 5.32 Å². The van der Waals surface area contributed by atoms with Crippen molar-refractivity contribution in [2.75, 3.05) is 0 Å². The van der Waals surface area contributed by atoms with Crippen LogP contribution < -0.4 is 5.32 Å². The zero-order valence-electron chi connectivity index (χ0n) is 10.5. The molecule has 1 heterocycles. The summed E-state index contributed by atoms with van der Waals surface area (Å²) in [7, 11) is 0. The highest BCUT2D eigenvalue weighted by Crippen LogP contribution is 2.38. The van der Waals surface area contributed by atoms with Gasteiger partial charge >= 0.3 is 5.97 Å². The molecule has 1 aromatic heterocycles. The molecule has 98 valence electrons. The fraction of sp³-hybridized carbons (Fsp3) is 0.538. The van der Waals surface area contributed by atoms with E-state index in [4.69, 9.17) is 4.42 Å². The number of nitrogens with one attached hydrogen (secondary N) is 1. The topological polar surface area (TPSA) is 79.5 Å². The van der Waals surface area contributed by atoms with Crippen molar-refractivity contribution in [1.29, 1.82) is 0 Å². The third-order valence-corrected chi connectivity index (χ3v) is 3.86. The van der Waals surface area contributed by atoms with Crippen LogP contribution in [0.1, 0.15) is 42.3 Å². The van der Waals surface area contributed by atoms with E-state index in [2.05, 4.69) is 5.32 Å². The summed E-state index contributed by atoms with van der Waals surface area (Å²) in [5.74, 6) is -0.572. The highest BCUT2D eigenvalue weighted by molar-refractivity contribution is 5.95. The van der Waals surface area contributed by atoms with Crippen molar-refractivity contribution in [3.63, 3.8) is 0 Å². The molecule has 5 heteroatoms. The number of carbonyl (C=O) groups excluding carboxylic acids is 1. The molecule has 0 bridgehead atoms. The number of hydrogen-bond acceptors (Lipinski definition) is 3. The summed E-state index contributed by atoms with van der Waals surface area (Å²) in [6.07, 6.45) is 3.57. The van der Waals surface area contributed by atoms with Gasteiger partial charge in [-0.05, 0) is 32.8 Å². The number of furan rings is 1. The first-order valence-electron chi connectivity index (χ1n) is 6.03. The summed E-state index contributed by atoms with van der Waals surface area (Å²) < 4.78 is 5.07. The van der Waals surface area contributed by atoms with Gasteiger partial charge in [0.1, 0.15) is 5.76 Å². The van der Waals surface area contributed by atoms with Crippen LogP contribution in [0.3, 0.4) is 0 Å². The average Bonchev–Trinajstić information content (AvgIpc) is 2.87. The molecule has 2 unspecified atom stereocenters. The number of amides is 1. The Hall–Kier alpha value is -1.78. The summed E-state index contributed by atoms with van der Waals surface area (Å²) in [6, 6.07) is 1.27. The lowest BCUT2D eigenvalue weighted by Gasteiger charge is -2.27. The quantitative estimate of drug-likeness (QED) is 0.860. The van der Waals surface area contributed by atoms with E-state index < -0.39 is 11.4 Å². The van der Waals surface area contributed by atoms with Gasteiger partial charge < -0.3 is 14.8 Å². The predicted molar refractivity (Wildman–Crippen MR) is 64.3 cm³/mol. The monoisotopic (exact) mass is 251 g/mol. The van der Waals surface area contributed by atoms with Gasteiger partial charge in [-0.15, -0.1) is 0 Å². The maximum atomic E-state index is 12.0. The molecule has 18 heavy (non-hydrogen) atoms. The molecule has 5 nitrogen and oxygen atoms in total. The van der Waals surface area contributed by atoms with Crippen molar-refractivity contribution in [2.24, 2.45) is 5.41 Å². The average molecular weight is 251 g/mol. The van der Waals surface area contributed by atoms with E-state index in [0.29, 0.717) is 24.2 Å². The van der Waals surface area contributed by atoms with Crippen molar-refractivity contribution >= 4 is 11.9 Å². The first kappa shape index (κ1) is 12.7. The van der Waals surface area contributed by atoms with Crippen LogP contribution in [0.2, 0.25) is 0 Å². The minimum absolute atomic E-state index is 0.263. The Kier molecular flexibility index (Phi) is 3.15. The van der Waals surface area contributed by atoms with Crippen molar-refractivity contribution in [3.05, 3.63) is 23.7 Å². The van der Waals surface area contributed by atoms with Crippen LogP contribution in [-0.4, -0.2) is 23.0 Å². The molecule has 1 saturated carbocycles.